The molecule has 0 aromatic carbocycles. The highest BCUT2D eigenvalue weighted by Crippen LogP contribution is 2.26. The fraction of sp³-hybridized carbons (Fsp3) is 0. The largest absolute Gasteiger partial charge is 0.572 e. The first kappa shape index (κ1) is 13.1. The molecule has 0 radical (unpaired) electrons. The summed E-state index contributed by atoms with van der Waals surface area (Å²) in [6.45, 7) is 0. The molecule has 4 N–H and O–H groups in total. The Morgan fingerprint density at radius 3 is 2.44 bits per heavy atom. The van der Waals surface area contributed by atoms with Gasteiger partial charge in [0.1, 0.15) is 11.3 Å². The van der Waals surface area contributed by atoms with Crippen molar-refractivity contribution in [2.75, 3.05) is 0 Å². The van der Waals surface area contributed by atoms with E-state index < -0.39 is 21.5 Å². The number of nitro groups is 2. The summed E-state index contributed by atoms with van der Waals surface area (Å²) in [7, 11) is 0. The number of nitrogens with two attached hydrogens (primary N) is 1. The van der Waals surface area contributed by atoms with E-state index >= 15 is 0 Å². The third kappa shape index (κ3) is 2.42. The van der Waals surface area contributed by atoms with Gasteiger partial charge in [-0.2, -0.15) is 5.10 Å². The van der Waals surface area contributed by atoms with E-state index in [9.17, 15) is 20.2 Å². The Labute approximate surface area is 96.5 Å². The molecule has 2 aromatic rings. The molecule has 2 heterocycles. The number of nitrogens with one attached hydrogen (secondary N) is 1. The predicted octanol–water partition coefficient (Wildman–Crippen LogP) is -0.390. The van der Waals surface area contributed by atoms with E-state index in [1.807, 2.05) is 0 Å². The van der Waals surface area contributed by atoms with Crippen LogP contribution in [-0.2, 0) is 0 Å². The van der Waals surface area contributed by atoms with Gasteiger partial charge in [-0.3, -0.25) is 15.2 Å². The van der Waals surface area contributed by atoms with Gasteiger partial charge in [0.25, 0.3) is 0 Å². The molecule has 0 saturated heterocycles. The van der Waals surface area contributed by atoms with E-state index in [2.05, 4.69) is 30.7 Å². The number of H-pyrrole nitrogens is 1. The summed E-state index contributed by atoms with van der Waals surface area (Å²) < 4.78 is 4.57. The van der Waals surface area contributed by atoms with Gasteiger partial charge >= 0.3 is 17.6 Å². The van der Waals surface area contributed by atoms with Crippen LogP contribution in [0.25, 0.3) is 11.6 Å². The second-order valence-electron chi connectivity index (χ2n) is 2.52. The number of rotatable bonds is 3. The first-order valence-electron chi connectivity index (χ1n) is 4.02. The monoisotopic (exact) mass is 259 g/mol. The van der Waals surface area contributed by atoms with Crippen LogP contribution in [0.2, 0.25) is 0 Å². The Bertz CT molecular complexity index is 560. The average molecular weight is 259 g/mol. The second-order valence-corrected chi connectivity index (χ2v) is 2.52. The molecule has 96 valence electrons. The van der Waals surface area contributed by atoms with Crippen molar-refractivity contribution in [2.45, 2.75) is 0 Å². The number of aromatic nitrogens is 4. The zero-order valence-corrected chi connectivity index (χ0v) is 8.38. The van der Waals surface area contributed by atoms with Crippen LogP contribution < -0.4 is 5.90 Å². The molecule has 13 nitrogen and oxygen atoms in total. The van der Waals surface area contributed by atoms with Gasteiger partial charge in [0.15, 0.2) is 0 Å². The number of aromatic amines is 1. The van der Waals surface area contributed by atoms with Crippen LogP contribution in [-0.4, -0.2) is 35.4 Å². The van der Waals surface area contributed by atoms with Crippen LogP contribution in [0, 0.1) is 20.2 Å². The van der Waals surface area contributed by atoms with Gasteiger partial charge in [-0.1, -0.05) is 0 Å². The van der Waals surface area contributed by atoms with Crippen molar-refractivity contribution in [3.63, 3.8) is 0 Å². The molecule has 2 aromatic heterocycles. The zero-order valence-electron chi connectivity index (χ0n) is 8.38. The summed E-state index contributed by atoms with van der Waals surface area (Å²) in [5, 5.41) is 39.3. The Kier molecular flexibility index (Phi) is 3.95. The summed E-state index contributed by atoms with van der Waals surface area (Å²) in [6.07, 6.45) is 1.01. The minimum absolute atomic E-state index is 0.245. The normalized spacial score (nSPS) is 9.44. The maximum absolute atomic E-state index is 10.5. The molecule has 2 rings (SSSR count). The molecule has 0 spiro atoms. The van der Waals surface area contributed by atoms with E-state index in [0.717, 1.165) is 6.20 Å². The lowest BCUT2D eigenvalue weighted by atomic mass is 10.4. The van der Waals surface area contributed by atoms with E-state index in [1.165, 1.54) is 0 Å². The van der Waals surface area contributed by atoms with Gasteiger partial charge in [-0.05, 0) is 0 Å². The van der Waals surface area contributed by atoms with Gasteiger partial charge in [0, 0.05) is 10.0 Å². The molecule has 0 aliphatic rings. The predicted molar refractivity (Wildman–Crippen MR) is 51.2 cm³/mol. The van der Waals surface area contributed by atoms with E-state index in [4.69, 9.17) is 5.21 Å². The lowest BCUT2D eigenvalue weighted by Crippen LogP contribution is -1.89. The van der Waals surface area contributed by atoms with Crippen LogP contribution in [0.15, 0.2) is 10.6 Å². The molecular formula is C5H5N7O6. The van der Waals surface area contributed by atoms with Crippen molar-refractivity contribution in [1.29, 1.82) is 0 Å². The standard InChI is InChI=1S/C5H2N6O5.H3NO/c12-10(13)2-1-6-7-3(2)4-8-9-5(16-4)11(14)15;1-2/h1H,(H,6,7);2H,1H2. The van der Waals surface area contributed by atoms with Crippen molar-refractivity contribution < 1.29 is 19.5 Å². The maximum atomic E-state index is 10.5. The highest BCUT2D eigenvalue weighted by molar-refractivity contribution is 5.60. The summed E-state index contributed by atoms with van der Waals surface area (Å²) >= 11 is 0. The molecule has 0 bridgehead atoms. The molecular weight excluding hydrogens is 254 g/mol. The smallest absolute Gasteiger partial charge is 0.359 e. The van der Waals surface area contributed by atoms with E-state index in [1.54, 1.807) is 0 Å². The summed E-state index contributed by atoms with van der Waals surface area (Å²) in [6, 6.07) is -0.854. The van der Waals surface area contributed by atoms with Crippen LogP contribution >= 0.6 is 0 Å². The van der Waals surface area contributed by atoms with E-state index in [-0.39, 0.29) is 11.6 Å². The summed E-state index contributed by atoms with van der Waals surface area (Å²) in [5.41, 5.74) is -0.649. The van der Waals surface area contributed by atoms with Crippen molar-refractivity contribution in [1.82, 2.24) is 20.4 Å². The highest BCUT2D eigenvalue weighted by Gasteiger charge is 2.27. The SMILES string of the molecule is NO.O=[N+]([O-])c1nnc(-c2n[nH]cc2[N+](=O)[O-])o1. The Morgan fingerprint density at radius 2 is 1.94 bits per heavy atom. The third-order valence-electron chi connectivity index (χ3n) is 1.59. The van der Waals surface area contributed by atoms with Crippen molar-refractivity contribution in [2.24, 2.45) is 5.90 Å². The molecule has 0 atom stereocenters. The van der Waals surface area contributed by atoms with E-state index in [0.29, 0.717) is 0 Å². The van der Waals surface area contributed by atoms with Gasteiger partial charge < -0.3 is 19.7 Å². The Balaban J connectivity index is 0.000000771. The molecule has 0 aliphatic heterocycles. The molecule has 0 saturated carbocycles. The average Bonchev–Trinajstić information content (AvgIpc) is 3.00. The Hall–Kier alpha value is -2.93. The zero-order chi connectivity index (χ0) is 13.7. The first-order chi connectivity index (χ1) is 8.59. The lowest BCUT2D eigenvalue weighted by molar-refractivity contribution is -0.407. The first-order valence-corrected chi connectivity index (χ1v) is 4.02. The quantitative estimate of drug-likeness (QED) is 0.481. The van der Waals surface area contributed by atoms with Crippen LogP contribution in [0.5, 0.6) is 0 Å². The second kappa shape index (κ2) is 5.41. The summed E-state index contributed by atoms with van der Waals surface area (Å²) in [5.74, 6) is 3.11. The van der Waals surface area contributed by atoms with Crippen molar-refractivity contribution in [3.8, 4) is 11.6 Å². The van der Waals surface area contributed by atoms with Crippen LogP contribution in [0.4, 0.5) is 11.7 Å². The van der Waals surface area contributed by atoms with Crippen molar-refractivity contribution in [3.05, 3.63) is 26.4 Å². The third-order valence-corrected chi connectivity index (χ3v) is 1.59. The topological polar surface area (TPSA) is 200 Å². The maximum Gasteiger partial charge on any atom is 0.572 e. The summed E-state index contributed by atoms with van der Waals surface area (Å²) in [4.78, 5) is 19.1. The number of hydrogen-bond acceptors (Lipinski definition) is 10. The molecule has 0 unspecified atom stereocenters. The Morgan fingerprint density at radius 1 is 1.28 bits per heavy atom. The van der Waals surface area contributed by atoms with Crippen LogP contribution in [0.1, 0.15) is 0 Å². The number of nitrogens with zero attached hydrogens (tertiary/aromatic N) is 5. The minimum Gasteiger partial charge on any atom is -0.359 e. The molecule has 0 amide bonds. The van der Waals surface area contributed by atoms with Crippen molar-refractivity contribution >= 4 is 11.7 Å². The van der Waals surface area contributed by atoms with Gasteiger partial charge in [-0.25, -0.2) is 5.90 Å². The molecule has 13 heteroatoms. The lowest BCUT2D eigenvalue weighted by Gasteiger charge is -1.86. The number of hydrogen-bond donors (Lipinski definition) is 3. The van der Waals surface area contributed by atoms with Gasteiger partial charge in [0.05, 0.1) is 4.92 Å². The fourth-order valence-corrected chi connectivity index (χ4v) is 0.965. The van der Waals surface area contributed by atoms with Crippen LogP contribution in [0.3, 0.4) is 0 Å². The van der Waals surface area contributed by atoms with Gasteiger partial charge in [0.2, 0.25) is 5.69 Å². The molecule has 0 aliphatic carbocycles. The minimum atomic E-state index is -0.908. The highest BCUT2D eigenvalue weighted by atomic mass is 16.7. The fourth-order valence-electron chi connectivity index (χ4n) is 0.965. The van der Waals surface area contributed by atoms with Gasteiger partial charge in [-0.15, -0.1) is 0 Å². The molecule has 0 fully saturated rings. The molecule has 18 heavy (non-hydrogen) atoms.